The third-order valence-electron chi connectivity index (χ3n) is 4.19. The van der Waals surface area contributed by atoms with Crippen LogP contribution < -0.4 is 5.32 Å². The van der Waals surface area contributed by atoms with Gasteiger partial charge in [0.25, 0.3) is 0 Å². The molecule has 0 saturated carbocycles. The lowest BCUT2D eigenvalue weighted by Crippen LogP contribution is -2.25. The van der Waals surface area contributed by atoms with Crippen molar-refractivity contribution in [3.63, 3.8) is 0 Å². The van der Waals surface area contributed by atoms with E-state index in [1.165, 1.54) is 10.7 Å². The van der Waals surface area contributed by atoms with Crippen molar-refractivity contribution in [1.29, 1.82) is 0 Å². The Hall–Kier alpha value is -3.20. The van der Waals surface area contributed by atoms with Crippen molar-refractivity contribution < 1.29 is 9.72 Å². The predicted molar refractivity (Wildman–Crippen MR) is 104 cm³/mol. The monoisotopic (exact) mass is 402 g/mol. The summed E-state index contributed by atoms with van der Waals surface area (Å²) in [6.07, 6.45) is 3.29. The molecule has 28 heavy (non-hydrogen) atoms. The fourth-order valence-corrected chi connectivity index (χ4v) is 2.89. The molecule has 0 aliphatic heterocycles. The molecule has 0 radical (unpaired) electrons. The molecular weight excluding hydrogens is 384 g/mol. The van der Waals surface area contributed by atoms with E-state index < -0.39 is 10.8 Å². The van der Waals surface area contributed by atoms with Crippen LogP contribution in [0.1, 0.15) is 18.2 Å². The van der Waals surface area contributed by atoms with Crippen molar-refractivity contribution in [3.8, 4) is 0 Å². The molecule has 1 unspecified atom stereocenters. The maximum Gasteiger partial charge on any atom is 0.390 e. The normalized spacial score (nSPS) is 12.0. The summed E-state index contributed by atoms with van der Waals surface area (Å²) in [6, 6.07) is 8.83. The van der Waals surface area contributed by atoms with Crippen LogP contribution in [-0.2, 0) is 17.9 Å². The second kappa shape index (κ2) is 8.22. The molecule has 0 aliphatic carbocycles. The number of nitrogens with zero attached hydrogens (tertiary/aromatic N) is 5. The van der Waals surface area contributed by atoms with Crippen molar-refractivity contribution >= 4 is 29.0 Å². The highest BCUT2D eigenvalue weighted by Crippen LogP contribution is 2.16. The van der Waals surface area contributed by atoms with Gasteiger partial charge in [0.2, 0.25) is 5.91 Å². The van der Waals surface area contributed by atoms with Gasteiger partial charge >= 0.3 is 5.82 Å². The maximum atomic E-state index is 12.5. The second-order valence-electron chi connectivity index (χ2n) is 6.53. The van der Waals surface area contributed by atoms with Gasteiger partial charge in [0, 0.05) is 11.9 Å². The van der Waals surface area contributed by atoms with Crippen molar-refractivity contribution in [2.75, 3.05) is 5.32 Å². The van der Waals surface area contributed by atoms with Crippen LogP contribution in [0.2, 0.25) is 5.02 Å². The molecule has 2 heterocycles. The first-order chi connectivity index (χ1) is 13.3. The number of rotatable bonds is 7. The zero-order valence-electron chi connectivity index (χ0n) is 15.4. The molecule has 3 rings (SSSR count). The maximum absolute atomic E-state index is 12.5. The number of benzene rings is 1. The van der Waals surface area contributed by atoms with Crippen LogP contribution in [-0.4, -0.2) is 30.4 Å². The van der Waals surface area contributed by atoms with E-state index in [4.69, 9.17) is 11.6 Å². The number of halogens is 1. The van der Waals surface area contributed by atoms with E-state index >= 15 is 0 Å². The molecule has 2 aromatic heterocycles. The number of aryl methyl sites for hydroxylation is 1. The molecular formula is C18H19ClN6O3. The van der Waals surface area contributed by atoms with Crippen LogP contribution in [0.15, 0.2) is 42.7 Å². The molecule has 1 aromatic carbocycles. The molecule has 0 fully saturated rings. The van der Waals surface area contributed by atoms with Gasteiger partial charge in [-0.15, -0.1) is 0 Å². The summed E-state index contributed by atoms with van der Waals surface area (Å²) < 4.78 is 3.18. The number of hydrogen-bond acceptors (Lipinski definition) is 5. The van der Waals surface area contributed by atoms with E-state index in [0.29, 0.717) is 22.9 Å². The SMILES string of the molecule is Cc1cc([N+](=O)[O-])nn1CC(C)C(=O)Nc1cccc(Cn2cc(Cl)cn2)c1. The summed E-state index contributed by atoms with van der Waals surface area (Å²) in [5.41, 5.74) is 2.26. The van der Waals surface area contributed by atoms with Crippen LogP contribution in [0.4, 0.5) is 11.5 Å². The molecule has 0 spiro atoms. The predicted octanol–water partition coefficient (Wildman–Crippen LogP) is 3.27. The lowest BCUT2D eigenvalue weighted by molar-refractivity contribution is -0.389. The summed E-state index contributed by atoms with van der Waals surface area (Å²) in [5, 5.41) is 22.3. The topological polar surface area (TPSA) is 108 Å². The number of nitrogens with one attached hydrogen (secondary N) is 1. The molecule has 0 saturated heterocycles. The van der Waals surface area contributed by atoms with E-state index in [0.717, 1.165) is 5.56 Å². The second-order valence-corrected chi connectivity index (χ2v) is 6.97. The highest BCUT2D eigenvalue weighted by molar-refractivity contribution is 6.30. The van der Waals surface area contributed by atoms with E-state index in [9.17, 15) is 14.9 Å². The zero-order valence-corrected chi connectivity index (χ0v) is 16.1. The highest BCUT2D eigenvalue weighted by Gasteiger charge is 2.20. The van der Waals surface area contributed by atoms with Crippen molar-refractivity contribution in [2.45, 2.75) is 26.9 Å². The Morgan fingerprint density at radius 3 is 2.82 bits per heavy atom. The van der Waals surface area contributed by atoms with Crippen LogP contribution in [0.5, 0.6) is 0 Å². The quantitative estimate of drug-likeness (QED) is 0.482. The first-order valence-electron chi connectivity index (χ1n) is 8.58. The molecule has 3 aromatic rings. The van der Waals surface area contributed by atoms with Gasteiger partial charge in [-0.1, -0.05) is 30.7 Å². The van der Waals surface area contributed by atoms with E-state index in [1.807, 2.05) is 18.2 Å². The van der Waals surface area contributed by atoms with Gasteiger partial charge in [-0.2, -0.15) is 9.78 Å². The Labute approximate surface area is 166 Å². The Morgan fingerprint density at radius 1 is 1.39 bits per heavy atom. The largest absolute Gasteiger partial charge is 0.390 e. The van der Waals surface area contributed by atoms with Crippen LogP contribution in [0, 0.1) is 23.0 Å². The summed E-state index contributed by atoms with van der Waals surface area (Å²) in [6.45, 7) is 4.24. The number of hydrogen-bond donors (Lipinski definition) is 1. The molecule has 10 heteroatoms. The molecule has 1 N–H and O–H groups in total. The lowest BCUT2D eigenvalue weighted by Gasteiger charge is -2.12. The standard InChI is InChI=1S/C18H19ClN6O3/c1-12(9-24-13(2)6-17(22-24)25(27)28)18(26)21-16-5-3-4-14(7-16)10-23-11-15(19)8-20-23/h3-8,11-12H,9-10H2,1-2H3,(H,21,26). The first-order valence-corrected chi connectivity index (χ1v) is 8.96. The number of amides is 1. The van der Waals surface area contributed by atoms with Crippen LogP contribution in [0.3, 0.4) is 0 Å². The van der Waals surface area contributed by atoms with Gasteiger partial charge in [0.1, 0.15) is 0 Å². The van der Waals surface area contributed by atoms with Gasteiger partial charge in [0.15, 0.2) is 0 Å². The summed E-state index contributed by atoms with van der Waals surface area (Å²) >= 11 is 5.87. The van der Waals surface area contributed by atoms with E-state index in [1.54, 1.807) is 37.0 Å². The van der Waals surface area contributed by atoms with Gasteiger partial charge < -0.3 is 15.4 Å². The minimum Gasteiger partial charge on any atom is -0.358 e. The Balaban J connectivity index is 1.63. The minimum absolute atomic E-state index is 0.197. The molecule has 146 valence electrons. The molecule has 1 amide bonds. The Bertz CT molecular complexity index is 1010. The highest BCUT2D eigenvalue weighted by atomic mass is 35.5. The number of nitro groups is 1. The third kappa shape index (κ3) is 4.74. The van der Waals surface area contributed by atoms with Gasteiger partial charge in [-0.05, 0) is 29.5 Å². The van der Waals surface area contributed by atoms with E-state index in [2.05, 4.69) is 15.5 Å². The number of carbonyl (C=O) groups excluding carboxylic acids is 1. The molecule has 9 nitrogen and oxygen atoms in total. The minimum atomic E-state index is -0.549. The summed E-state index contributed by atoms with van der Waals surface area (Å²) in [7, 11) is 0. The molecule has 1 atom stereocenters. The lowest BCUT2D eigenvalue weighted by atomic mass is 10.1. The van der Waals surface area contributed by atoms with Crippen molar-refractivity contribution in [3.05, 3.63) is 69.1 Å². The number of carbonyl (C=O) groups is 1. The van der Waals surface area contributed by atoms with Gasteiger partial charge in [-0.3, -0.25) is 9.48 Å². The van der Waals surface area contributed by atoms with Crippen molar-refractivity contribution in [2.24, 2.45) is 5.92 Å². The first kappa shape index (κ1) is 19.6. The average molecular weight is 403 g/mol. The number of anilines is 1. The average Bonchev–Trinajstić information content (AvgIpc) is 3.21. The van der Waals surface area contributed by atoms with E-state index in [-0.39, 0.29) is 18.3 Å². The Kier molecular flexibility index (Phi) is 5.74. The summed E-state index contributed by atoms with van der Waals surface area (Å²) in [4.78, 5) is 22.8. The fourth-order valence-electron chi connectivity index (χ4n) is 2.73. The third-order valence-corrected chi connectivity index (χ3v) is 4.39. The van der Waals surface area contributed by atoms with Gasteiger partial charge in [-0.25, -0.2) is 0 Å². The Morgan fingerprint density at radius 2 is 2.18 bits per heavy atom. The molecule has 0 aliphatic rings. The van der Waals surface area contributed by atoms with Gasteiger partial charge in [0.05, 0.1) is 47.1 Å². The van der Waals surface area contributed by atoms with Crippen molar-refractivity contribution in [1.82, 2.24) is 19.6 Å². The molecule has 0 bridgehead atoms. The fraction of sp³-hybridized carbons (Fsp3) is 0.278. The zero-order chi connectivity index (χ0) is 20.3. The van der Waals surface area contributed by atoms with Crippen LogP contribution in [0.25, 0.3) is 0 Å². The smallest absolute Gasteiger partial charge is 0.358 e. The number of aromatic nitrogens is 4. The van der Waals surface area contributed by atoms with Crippen LogP contribution >= 0.6 is 11.6 Å². The summed E-state index contributed by atoms with van der Waals surface area (Å²) in [5.74, 6) is -0.847.